The van der Waals surface area contributed by atoms with E-state index in [1.165, 1.54) is 13.2 Å². The van der Waals surface area contributed by atoms with Gasteiger partial charge in [0.05, 0.1) is 13.2 Å². The van der Waals surface area contributed by atoms with Crippen molar-refractivity contribution in [3.05, 3.63) is 29.6 Å². The lowest BCUT2D eigenvalue weighted by Gasteiger charge is -2.29. The van der Waals surface area contributed by atoms with Crippen LogP contribution in [0.25, 0.3) is 0 Å². The van der Waals surface area contributed by atoms with Gasteiger partial charge in [0.2, 0.25) is 0 Å². The van der Waals surface area contributed by atoms with E-state index in [1.807, 2.05) is 13.1 Å². The van der Waals surface area contributed by atoms with Gasteiger partial charge >= 0.3 is 0 Å². The molecule has 0 aliphatic carbocycles. The van der Waals surface area contributed by atoms with Gasteiger partial charge in [-0.3, -0.25) is 4.90 Å². The van der Waals surface area contributed by atoms with E-state index in [-0.39, 0.29) is 23.7 Å². The van der Waals surface area contributed by atoms with E-state index >= 15 is 0 Å². The molecule has 1 fully saturated rings. The monoisotopic (exact) mass is 282 g/mol. The van der Waals surface area contributed by atoms with Gasteiger partial charge in [-0.25, -0.2) is 4.39 Å². The molecular formula is C15H23FN2O2. The fraction of sp³-hybridized carbons (Fsp3) is 0.600. The molecule has 5 heteroatoms. The maximum atomic E-state index is 13.8. The van der Waals surface area contributed by atoms with E-state index in [4.69, 9.17) is 15.2 Å². The minimum Gasteiger partial charge on any atom is -0.494 e. The van der Waals surface area contributed by atoms with Crippen molar-refractivity contribution in [2.45, 2.75) is 25.0 Å². The Balaban J connectivity index is 2.07. The van der Waals surface area contributed by atoms with Gasteiger partial charge in [0.25, 0.3) is 0 Å². The summed E-state index contributed by atoms with van der Waals surface area (Å²) in [5.74, 6) is -0.0970. The molecule has 20 heavy (non-hydrogen) atoms. The Morgan fingerprint density at radius 2 is 2.35 bits per heavy atom. The SMILES string of the molecule is COc1ccc(C(CN)N(C)CC2CCCO2)cc1F. The summed E-state index contributed by atoms with van der Waals surface area (Å²) < 4.78 is 24.4. The second kappa shape index (κ2) is 7.02. The van der Waals surface area contributed by atoms with Gasteiger partial charge in [0, 0.05) is 25.7 Å². The van der Waals surface area contributed by atoms with Gasteiger partial charge in [0.1, 0.15) is 0 Å². The van der Waals surface area contributed by atoms with Crippen molar-refractivity contribution in [2.75, 3.05) is 33.9 Å². The number of nitrogens with two attached hydrogens (primary N) is 1. The van der Waals surface area contributed by atoms with Crippen LogP contribution in [0.3, 0.4) is 0 Å². The third-order valence-electron chi connectivity index (χ3n) is 3.83. The average molecular weight is 282 g/mol. The zero-order valence-electron chi connectivity index (χ0n) is 12.1. The second-order valence-electron chi connectivity index (χ2n) is 5.22. The van der Waals surface area contributed by atoms with Gasteiger partial charge in [-0.15, -0.1) is 0 Å². The predicted octanol–water partition coefficient (Wildman–Crippen LogP) is 1.94. The zero-order valence-corrected chi connectivity index (χ0v) is 12.1. The quantitative estimate of drug-likeness (QED) is 0.866. The standard InChI is InChI=1S/C15H23FN2O2/c1-18(10-12-4-3-7-20-12)14(9-17)11-5-6-15(19-2)13(16)8-11/h5-6,8,12,14H,3-4,7,9-10,17H2,1-2H3. The van der Waals surface area contributed by atoms with E-state index in [2.05, 4.69) is 4.90 Å². The van der Waals surface area contributed by atoms with Crippen LogP contribution in [0.1, 0.15) is 24.4 Å². The zero-order chi connectivity index (χ0) is 14.5. The summed E-state index contributed by atoms with van der Waals surface area (Å²) in [4.78, 5) is 2.14. The number of halogens is 1. The molecule has 4 nitrogen and oxygen atoms in total. The van der Waals surface area contributed by atoms with Gasteiger partial charge in [-0.1, -0.05) is 6.07 Å². The summed E-state index contributed by atoms with van der Waals surface area (Å²) in [5.41, 5.74) is 6.73. The van der Waals surface area contributed by atoms with E-state index in [9.17, 15) is 4.39 Å². The van der Waals surface area contributed by atoms with E-state index in [0.717, 1.165) is 31.6 Å². The number of ether oxygens (including phenoxy) is 2. The summed E-state index contributed by atoms with van der Waals surface area (Å²) in [5, 5.41) is 0. The first-order valence-electron chi connectivity index (χ1n) is 7.01. The van der Waals surface area contributed by atoms with E-state index in [0.29, 0.717) is 6.54 Å². The number of hydrogen-bond acceptors (Lipinski definition) is 4. The Morgan fingerprint density at radius 1 is 1.55 bits per heavy atom. The van der Waals surface area contributed by atoms with Crippen molar-refractivity contribution < 1.29 is 13.9 Å². The molecule has 2 unspecified atom stereocenters. The van der Waals surface area contributed by atoms with Gasteiger partial charge < -0.3 is 15.2 Å². The first-order chi connectivity index (χ1) is 9.65. The Labute approximate surface area is 119 Å². The Kier molecular flexibility index (Phi) is 5.34. The van der Waals surface area contributed by atoms with Gasteiger partial charge in [-0.05, 0) is 37.6 Å². The number of rotatable bonds is 6. The minimum absolute atomic E-state index is 0.0143. The van der Waals surface area contributed by atoms with Crippen molar-refractivity contribution in [1.29, 1.82) is 0 Å². The normalized spacial score (nSPS) is 20.4. The largest absolute Gasteiger partial charge is 0.494 e. The maximum absolute atomic E-state index is 13.8. The highest BCUT2D eigenvalue weighted by Crippen LogP contribution is 2.25. The molecular weight excluding hydrogens is 259 g/mol. The highest BCUT2D eigenvalue weighted by Gasteiger charge is 2.23. The first kappa shape index (κ1) is 15.2. The lowest BCUT2D eigenvalue weighted by molar-refractivity contribution is 0.0689. The predicted molar refractivity (Wildman–Crippen MR) is 76.4 cm³/mol. The van der Waals surface area contributed by atoms with Crippen molar-refractivity contribution in [3.8, 4) is 5.75 Å². The lowest BCUT2D eigenvalue weighted by Crippen LogP contribution is -2.36. The van der Waals surface area contributed by atoms with Gasteiger partial charge in [0.15, 0.2) is 11.6 Å². The Hall–Kier alpha value is -1.17. The summed E-state index contributed by atoms with van der Waals surface area (Å²) in [6, 6.07) is 5.00. The highest BCUT2D eigenvalue weighted by molar-refractivity contribution is 5.31. The fourth-order valence-electron chi connectivity index (χ4n) is 2.70. The smallest absolute Gasteiger partial charge is 0.165 e. The molecule has 1 saturated heterocycles. The van der Waals surface area contributed by atoms with Crippen LogP contribution in [-0.4, -0.2) is 44.9 Å². The molecule has 1 aliphatic rings. The maximum Gasteiger partial charge on any atom is 0.165 e. The highest BCUT2D eigenvalue weighted by atomic mass is 19.1. The molecule has 1 heterocycles. The fourth-order valence-corrected chi connectivity index (χ4v) is 2.70. The van der Waals surface area contributed by atoms with Gasteiger partial charge in [-0.2, -0.15) is 0 Å². The van der Waals surface area contributed by atoms with Crippen LogP contribution in [0.5, 0.6) is 5.75 Å². The third kappa shape index (κ3) is 3.48. The van der Waals surface area contributed by atoms with E-state index in [1.54, 1.807) is 6.07 Å². The summed E-state index contributed by atoms with van der Waals surface area (Å²) in [7, 11) is 3.46. The second-order valence-corrected chi connectivity index (χ2v) is 5.22. The molecule has 0 amide bonds. The molecule has 112 valence electrons. The number of benzene rings is 1. The number of methoxy groups -OCH3 is 1. The molecule has 0 spiro atoms. The Morgan fingerprint density at radius 3 is 2.90 bits per heavy atom. The average Bonchev–Trinajstić information content (AvgIpc) is 2.92. The molecule has 1 aromatic rings. The van der Waals surface area contributed by atoms with Crippen LogP contribution < -0.4 is 10.5 Å². The topological polar surface area (TPSA) is 47.7 Å². The van der Waals surface area contributed by atoms with Crippen LogP contribution in [0.15, 0.2) is 18.2 Å². The summed E-state index contributed by atoms with van der Waals surface area (Å²) in [6.07, 6.45) is 2.46. The molecule has 2 atom stereocenters. The van der Waals surface area contributed by atoms with Crippen LogP contribution in [0, 0.1) is 5.82 Å². The van der Waals surface area contributed by atoms with Crippen LogP contribution in [0.4, 0.5) is 4.39 Å². The first-order valence-corrected chi connectivity index (χ1v) is 7.01. The number of likely N-dealkylation sites (N-methyl/N-ethyl adjacent to an activating group) is 1. The Bertz CT molecular complexity index is 436. The van der Waals surface area contributed by atoms with Crippen molar-refractivity contribution in [2.24, 2.45) is 5.73 Å². The lowest BCUT2D eigenvalue weighted by atomic mass is 10.0. The molecule has 2 rings (SSSR count). The molecule has 0 bridgehead atoms. The third-order valence-corrected chi connectivity index (χ3v) is 3.83. The molecule has 0 radical (unpaired) electrons. The number of hydrogen-bond donors (Lipinski definition) is 1. The summed E-state index contributed by atoms with van der Waals surface area (Å²) in [6.45, 7) is 2.09. The molecule has 1 aromatic carbocycles. The van der Waals surface area contributed by atoms with Crippen molar-refractivity contribution in [3.63, 3.8) is 0 Å². The summed E-state index contributed by atoms with van der Waals surface area (Å²) >= 11 is 0. The van der Waals surface area contributed by atoms with Crippen LogP contribution in [-0.2, 0) is 4.74 Å². The number of nitrogens with zero attached hydrogens (tertiary/aromatic N) is 1. The van der Waals surface area contributed by atoms with Crippen LogP contribution >= 0.6 is 0 Å². The molecule has 2 N–H and O–H groups in total. The molecule has 1 aliphatic heterocycles. The van der Waals surface area contributed by atoms with Crippen molar-refractivity contribution in [1.82, 2.24) is 4.90 Å². The minimum atomic E-state index is -0.353. The molecule has 0 saturated carbocycles. The van der Waals surface area contributed by atoms with Crippen molar-refractivity contribution >= 4 is 0 Å². The van der Waals surface area contributed by atoms with E-state index < -0.39 is 0 Å². The molecule has 0 aromatic heterocycles. The van der Waals surface area contributed by atoms with Crippen LogP contribution in [0.2, 0.25) is 0 Å².